The van der Waals surface area contributed by atoms with E-state index in [0.717, 1.165) is 0 Å². The van der Waals surface area contributed by atoms with E-state index in [1.807, 2.05) is 0 Å². The lowest BCUT2D eigenvalue weighted by molar-refractivity contribution is 1.28. The molecule has 0 aliphatic rings. The van der Waals surface area contributed by atoms with Crippen LogP contribution in [0.5, 0.6) is 0 Å². The van der Waals surface area contributed by atoms with Gasteiger partial charge in [-0.25, -0.2) is 0 Å². The Kier molecular flexibility index (Phi) is 2.86. The molecule has 102 valence electrons. The molecule has 0 saturated carbocycles. The molecule has 0 bridgehead atoms. The van der Waals surface area contributed by atoms with E-state index in [4.69, 9.17) is 0 Å². The second-order valence-electron chi connectivity index (χ2n) is 6.17. The molecule has 0 aliphatic carbocycles. The molecule has 0 aromatic heterocycles. The molecule has 0 aliphatic heterocycles. The third-order valence-electron chi connectivity index (χ3n) is 4.97. The highest BCUT2D eigenvalue weighted by atomic mass is 14.2. The van der Waals surface area contributed by atoms with Gasteiger partial charge < -0.3 is 0 Å². The second-order valence-corrected chi connectivity index (χ2v) is 6.17. The van der Waals surface area contributed by atoms with Crippen molar-refractivity contribution in [2.24, 2.45) is 0 Å². The zero-order valence-electron chi connectivity index (χ0n) is 13.3. The van der Waals surface area contributed by atoms with E-state index in [2.05, 4.69) is 65.8 Å². The van der Waals surface area contributed by atoms with Gasteiger partial charge in [-0.1, -0.05) is 29.8 Å². The largest absolute Gasteiger partial charge is 0.0587 e. The van der Waals surface area contributed by atoms with Crippen LogP contribution < -0.4 is 0 Å². The zero-order chi connectivity index (χ0) is 14.6. The van der Waals surface area contributed by atoms with Crippen LogP contribution in [-0.2, 0) is 0 Å². The Balaban J connectivity index is 2.68. The lowest BCUT2D eigenvalue weighted by Crippen LogP contribution is -1.95. The third-order valence-corrected chi connectivity index (χ3v) is 4.97. The minimum atomic E-state index is 1.33. The first-order valence-electron chi connectivity index (χ1n) is 7.32. The van der Waals surface area contributed by atoms with Crippen LogP contribution in [0.4, 0.5) is 0 Å². The minimum absolute atomic E-state index is 1.33. The summed E-state index contributed by atoms with van der Waals surface area (Å²) in [5.41, 5.74) is 8.43. The molecule has 0 nitrogen and oxygen atoms in total. The van der Waals surface area contributed by atoms with E-state index < -0.39 is 0 Å². The van der Waals surface area contributed by atoms with Crippen molar-refractivity contribution in [1.82, 2.24) is 0 Å². The topological polar surface area (TPSA) is 0 Å². The lowest BCUT2D eigenvalue weighted by atomic mass is 9.87. The van der Waals surface area contributed by atoms with Crippen LogP contribution in [0.1, 0.15) is 33.4 Å². The summed E-state index contributed by atoms with van der Waals surface area (Å²) in [4.78, 5) is 0. The first-order valence-corrected chi connectivity index (χ1v) is 7.32. The van der Waals surface area contributed by atoms with Gasteiger partial charge in [0.1, 0.15) is 0 Å². The molecule has 0 spiro atoms. The quantitative estimate of drug-likeness (QED) is 0.446. The molecule has 0 heterocycles. The molecule has 0 saturated heterocycles. The van der Waals surface area contributed by atoms with Crippen molar-refractivity contribution < 1.29 is 0 Å². The summed E-state index contributed by atoms with van der Waals surface area (Å²) >= 11 is 0. The number of hydrogen-bond donors (Lipinski definition) is 0. The van der Waals surface area contributed by atoms with E-state index in [1.165, 1.54) is 54.9 Å². The summed E-state index contributed by atoms with van der Waals surface area (Å²) < 4.78 is 0. The fourth-order valence-electron chi connectivity index (χ4n) is 3.37. The smallest absolute Gasteiger partial charge is 0.00970 e. The number of fused-ring (bicyclic) bond motifs is 3. The van der Waals surface area contributed by atoms with Crippen LogP contribution in [0.25, 0.3) is 21.5 Å². The molecule has 0 atom stereocenters. The van der Waals surface area contributed by atoms with Gasteiger partial charge in [-0.2, -0.15) is 0 Å². The minimum Gasteiger partial charge on any atom is -0.0587 e. The van der Waals surface area contributed by atoms with Gasteiger partial charge in [-0.15, -0.1) is 0 Å². The molecular weight excluding hydrogens is 240 g/mol. The van der Waals surface area contributed by atoms with Crippen molar-refractivity contribution >= 4 is 21.5 Å². The van der Waals surface area contributed by atoms with E-state index in [9.17, 15) is 0 Å². The van der Waals surface area contributed by atoms with Crippen LogP contribution in [0.15, 0.2) is 24.3 Å². The summed E-state index contributed by atoms with van der Waals surface area (Å²) in [6.45, 7) is 13.4. The van der Waals surface area contributed by atoms with E-state index in [-0.39, 0.29) is 0 Å². The summed E-state index contributed by atoms with van der Waals surface area (Å²) in [5.74, 6) is 0. The molecule has 0 radical (unpaired) electrons. The lowest BCUT2D eigenvalue weighted by Gasteiger charge is -2.17. The van der Waals surface area contributed by atoms with Gasteiger partial charge in [0.25, 0.3) is 0 Å². The zero-order valence-corrected chi connectivity index (χ0v) is 13.3. The highest BCUT2D eigenvalue weighted by molar-refractivity contribution is 6.12. The molecule has 0 fully saturated rings. The Hall–Kier alpha value is -1.82. The second kappa shape index (κ2) is 4.34. The van der Waals surface area contributed by atoms with Crippen molar-refractivity contribution in [3.63, 3.8) is 0 Å². The Morgan fingerprint density at radius 2 is 1.20 bits per heavy atom. The Bertz CT molecular complexity index is 851. The number of rotatable bonds is 0. The third kappa shape index (κ3) is 1.67. The molecule has 3 rings (SSSR count). The van der Waals surface area contributed by atoms with Crippen molar-refractivity contribution in [2.45, 2.75) is 41.5 Å². The summed E-state index contributed by atoms with van der Waals surface area (Å²) in [6, 6.07) is 9.19. The van der Waals surface area contributed by atoms with Gasteiger partial charge in [0.2, 0.25) is 0 Å². The summed E-state index contributed by atoms with van der Waals surface area (Å²) in [6.07, 6.45) is 0. The van der Waals surface area contributed by atoms with Gasteiger partial charge in [0, 0.05) is 0 Å². The predicted octanol–water partition coefficient (Wildman–Crippen LogP) is 5.84. The average Bonchev–Trinajstić information content (AvgIpc) is 2.42. The predicted molar refractivity (Wildman–Crippen MR) is 89.9 cm³/mol. The van der Waals surface area contributed by atoms with Crippen molar-refractivity contribution in [3.05, 3.63) is 57.6 Å². The highest BCUT2D eigenvalue weighted by Crippen LogP contribution is 2.36. The van der Waals surface area contributed by atoms with Crippen LogP contribution in [0.3, 0.4) is 0 Å². The Morgan fingerprint density at radius 3 is 1.90 bits per heavy atom. The average molecular weight is 262 g/mol. The normalized spacial score (nSPS) is 11.5. The van der Waals surface area contributed by atoms with Gasteiger partial charge in [-0.05, 0) is 90.9 Å². The molecule has 0 unspecified atom stereocenters. The molecule has 3 aromatic rings. The van der Waals surface area contributed by atoms with Gasteiger partial charge in [-0.3, -0.25) is 0 Å². The van der Waals surface area contributed by atoms with E-state index in [0.29, 0.717) is 0 Å². The molecule has 0 amide bonds. The molecule has 3 aromatic carbocycles. The van der Waals surface area contributed by atoms with Crippen LogP contribution in [-0.4, -0.2) is 0 Å². The van der Waals surface area contributed by atoms with Crippen molar-refractivity contribution in [1.29, 1.82) is 0 Å². The highest BCUT2D eigenvalue weighted by Gasteiger charge is 2.13. The van der Waals surface area contributed by atoms with Crippen molar-refractivity contribution in [2.75, 3.05) is 0 Å². The van der Waals surface area contributed by atoms with Crippen LogP contribution >= 0.6 is 0 Å². The fraction of sp³-hybridized carbons (Fsp3) is 0.300. The van der Waals surface area contributed by atoms with E-state index >= 15 is 0 Å². The standard InChI is InChI=1S/C20H22/c1-11-7-8-17-18(9-11)14(4)16(6)20-15(5)13(3)12(2)10-19(17)20/h7-10H,1-6H3. The van der Waals surface area contributed by atoms with E-state index in [1.54, 1.807) is 0 Å². The number of aryl methyl sites for hydroxylation is 5. The first kappa shape index (κ1) is 13.2. The summed E-state index contributed by atoms with van der Waals surface area (Å²) in [5, 5.41) is 5.64. The maximum Gasteiger partial charge on any atom is -0.00970 e. The monoisotopic (exact) mass is 262 g/mol. The van der Waals surface area contributed by atoms with Crippen LogP contribution in [0, 0.1) is 41.5 Å². The number of benzene rings is 3. The Labute approximate surface area is 121 Å². The van der Waals surface area contributed by atoms with Crippen molar-refractivity contribution in [3.8, 4) is 0 Å². The van der Waals surface area contributed by atoms with Gasteiger partial charge >= 0.3 is 0 Å². The molecule has 0 N–H and O–H groups in total. The van der Waals surface area contributed by atoms with Gasteiger partial charge in [0.15, 0.2) is 0 Å². The first-order chi connectivity index (χ1) is 9.41. The molecule has 20 heavy (non-hydrogen) atoms. The SMILES string of the molecule is Cc1ccc2c(c1)c(C)c(C)c1c(C)c(C)c(C)cc12. The van der Waals surface area contributed by atoms with Gasteiger partial charge in [0.05, 0.1) is 0 Å². The number of hydrogen-bond acceptors (Lipinski definition) is 0. The fourth-order valence-corrected chi connectivity index (χ4v) is 3.37. The molecule has 0 heteroatoms. The maximum atomic E-state index is 2.36. The maximum absolute atomic E-state index is 2.36. The molecular formula is C20H22. The van der Waals surface area contributed by atoms with Crippen LogP contribution in [0.2, 0.25) is 0 Å². The summed E-state index contributed by atoms with van der Waals surface area (Å²) in [7, 11) is 0. The Morgan fingerprint density at radius 1 is 0.550 bits per heavy atom.